The molecule has 2 aliphatic rings. The maximum atomic E-state index is 6.83. The van der Waals surface area contributed by atoms with E-state index in [1.165, 1.54) is 66.8 Å². The van der Waals surface area contributed by atoms with Crippen molar-refractivity contribution in [2.75, 3.05) is 13.2 Å². The Labute approximate surface area is 429 Å². The van der Waals surface area contributed by atoms with Crippen LogP contribution in [-0.4, -0.2) is 13.2 Å². The van der Waals surface area contributed by atoms with Crippen molar-refractivity contribution in [3.05, 3.63) is 285 Å². The maximum absolute atomic E-state index is 6.83. The molecule has 0 saturated heterocycles. The fourth-order valence-corrected chi connectivity index (χ4v) is 12.0. The maximum Gasteiger partial charge on any atom is 0.149 e. The third-order valence-corrected chi connectivity index (χ3v) is 15.3. The quantitative estimate of drug-likeness (QED) is 0.128. The normalized spacial score (nSPS) is 13.8. The zero-order valence-electron chi connectivity index (χ0n) is 41.3. The molecule has 0 amide bonds. The van der Waals surface area contributed by atoms with E-state index < -0.39 is 10.8 Å². The highest BCUT2D eigenvalue weighted by Crippen LogP contribution is 2.52. The average Bonchev–Trinajstić information content (AvgIpc) is 3.69. The Kier molecular flexibility index (Phi) is 12.1. The van der Waals surface area contributed by atoms with E-state index in [4.69, 9.17) is 14.2 Å². The van der Waals surface area contributed by atoms with Gasteiger partial charge in [0.2, 0.25) is 0 Å². The van der Waals surface area contributed by atoms with Gasteiger partial charge in [0.1, 0.15) is 36.2 Å². The molecule has 10 aromatic carbocycles. The van der Waals surface area contributed by atoms with Gasteiger partial charge in [0.25, 0.3) is 0 Å². The van der Waals surface area contributed by atoms with E-state index in [-0.39, 0.29) is 0 Å². The average molecular weight is 943 g/mol. The Hall–Kier alpha value is -8.76. The smallest absolute Gasteiger partial charge is 0.149 e. The lowest BCUT2D eigenvalue weighted by Crippen LogP contribution is -2.32. The number of hydrogen-bond acceptors (Lipinski definition) is 3. The lowest BCUT2D eigenvalue weighted by molar-refractivity contribution is 0.370. The van der Waals surface area contributed by atoms with Gasteiger partial charge < -0.3 is 14.2 Å². The predicted octanol–water partition coefficient (Wildman–Crippen LogP) is 15.6. The topological polar surface area (TPSA) is 27.7 Å². The first kappa shape index (κ1) is 45.4. The van der Waals surface area contributed by atoms with Crippen molar-refractivity contribution in [2.24, 2.45) is 0 Å². The summed E-state index contributed by atoms with van der Waals surface area (Å²) >= 11 is 0. The van der Waals surface area contributed by atoms with Crippen molar-refractivity contribution in [2.45, 2.75) is 50.4 Å². The molecule has 0 spiro atoms. The summed E-state index contributed by atoms with van der Waals surface area (Å²) in [6, 6.07) is 80.4. The second-order valence-electron chi connectivity index (χ2n) is 19.2. The Morgan fingerprint density at radius 3 is 0.986 bits per heavy atom. The molecule has 10 aromatic rings. The van der Waals surface area contributed by atoms with E-state index >= 15 is 0 Å². The van der Waals surface area contributed by atoms with Gasteiger partial charge >= 0.3 is 0 Å². The minimum absolute atomic E-state index is 0.368. The molecule has 12 rings (SSSR count). The molecular formula is C70H54O3. The summed E-state index contributed by atoms with van der Waals surface area (Å²) in [7, 11) is 0. The Bertz CT molecular complexity index is 3470. The molecular weight excluding hydrogens is 889 g/mol. The summed E-state index contributed by atoms with van der Waals surface area (Å²) in [5.41, 5.74) is 14.3. The van der Waals surface area contributed by atoms with Crippen LogP contribution in [0.3, 0.4) is 0 Å². The third-order valence-electron chi connectivity index (χ3n) is 15.3. The number of fused-ring (bicyclic) bond motifs is 6. The first-order valence-corrected chi connectivity index (χ1v) is 25.4. The van der Waals surface area contributed by atoms with E-state index in [0.717, 1.165) is 70.2 Å². The number of hydrogen-bond donors (Lipinski definition) is 0. The van der Waals surface area contributed by atoms with Crippen LogP contribution in [0.2, 0.25) is 0 Å². The van der Waals surface area contributed by atoms with E-state index in [0.29, 0.717) is 13.2 Å². The zero-order valence-corrected chi connectivity index (χ0v) is 41.3. The third kappa shape index (κ3) is 8.09. The Morgan fingerprint density at radius 1 is 0.329 bits per heavy atom. The first-order valence-electron chi connectivity index (χ1n) is 25.4. The number of benzene rings is 10. The first-order chi connectivity index (χ1) is 36.1. The lowest BCUT2D eigenvalue weighted by atomic mass is 9.63. The molecule has 0 N–H and O–H groups in total. The van der Waals surface area contributed by atoms with E-state index in [1.54, 1.807) is 0 Å². The fourth-order valence-electron chi connectivity index (χ4n) is 12.0. The summed E-state index contributed by atoms with van der Waals surface area (Å²) in [5, 5.41) is 4.56. The van der Waals surface area contributed by atoms with Crippen LogP contribution in [0.1, 0.15) is 80.6 Å². The summed E-state index contributed by atoms with van der Waals surface area (Å²) in [4.78, 5) is 0. The van der Waals surface area contributed by atoms with Gasteiger partial charge in [-0.25, -0.2) is 0 Å². The van der Waals surface area contributed by atoms with Crippen LogP contribution in [0, 0.1) is 23.7 Å². The van der Waals surface area contributed by atoms with Crippen LogP contribution in [0.5, 0.6) is 23.0 Å². The van der Waals surface area contributed by atoms with Crippen molar-refractivity contribution < 1.29 is 14.2 Å². The van der Waals surface area contributed by atoms with Gasteiger partial charge in [-0.3, -0.25) is 0 Å². The molecule has 73 heavy (non-hydrogen) atoms. The molecule has 3 heteroatoms. The van der Waals surface area contributed by atoms with Crippen molar-refractivity contribution in [1.82, 2.24) is 0 Å². The van der Waals surface area contributed by atoms with Crippen LogP contribution in [0.4, 0.5) is 0 Å². The fraction of sp³-hybridized carbons (Fsp3) is 0.143. The molecule has 3 nitrogen and oxygen atoms in total. The summed E-state index contributed by atoms with van der Waals surface area (Å²) in [6.07, 6.45) is 3.86. The molecule has 0 heterocycles. The molecule has 0 aliphatic heterocycles. The molecule has 0 bridgehead atoms. The van der Waals surface area contributed by atoms with Crippen molar-refractivity contribution in [3.8, 4) is 46.7 Å². The summed E-state index contributed by atoms with van der Waals surface area (Å²) < 4.78 is 18.8. The van der Waals surface area contributed by atoms with Crippen LogP contribution in [0.25, 0.3) is 21.5 Å². The molecule has 2 aliphatic carbocycles. The van der Waals surface area contributed by atoms with E-state index in [2.05, 4.69) is 242 Å². The number of rotatable bonds is 10. The second kappa shape index (κ2) is 19.4. The van der Waals surface area contributed by atoms with Crippen LogP contribution < -0.4 is 14.2 Å². The lowest BCUT2D eigenvalue weighted by Gasteiger charge is -2.38. The summed E-state index contributed by atoms with van der Waals surface area (Å²) in [5.74, 6) is 15.1. The van der Waals surface area contributed by atoms with Crippen molar-refractivity contribution >= 4 is 21.5 Å². The van der Waals surface area contributed by atoms with Gasteiger partial charge in [-0.2, -0.15) is 0 Å². The van der Waals surface area contributed by atoms with E-state index in [1.807, 2.05) is 13.8 Å². The molecule has 0 atom stereocenters. The van der Waals surface area contributed by atoms with Gasteiger partial charge in [-0.05, 0) is 189 Å². The van der Waals surface area contributed by atoms with Gasteiger partial charge in [0.05, 0.1) is 10.8 Å². The molecule has 0 fully saturated rings. The van der Waals surface area contributed by atoms with Crippen molar-refractivity contribution in [3.63, 3.8) is 0 Å². The molecule has 0 saturated carbocycles. The van der Waals surface area contributed by atoms with Gasteiger partial charge in [-0.1, -0.05) is 170 Å². The summed E-state index contributed by atoms with van der Waals surface area (Å²) in [6.45, 7) is 4.40. The van der Waals surface area contributed by atoms with Crippen LogP contribution in [0.15, 0.2) is 218 Å². The highest BCUT2D eigenvalue weighted by atomic mass is 16.5. The minimum Gasteiger partial charge on any atom is -0.481 e. The standard InChI is InChI=1S/C70H54O3/c1-3-5-43-71-63-37-29-53-45-59(31-27-55(53)47-63)69(65-19-11-7-15-49(65)23-24-50-16-8-12-20-66(50)69)57-33-39-61(40-34-57)73-62-41-35-58(36-42-62)70(60-32-28-56-48-64(72-44-6-4-2)38-30-54(56)46-60)67-21-13-9-17-51(67)25-26-52-18-10-14-22-68(52)70/h7-22,27-42,45-48H,23-26,43-44H2,1-2H3. The van der Waals surface area contributed by atoms with Crippen LogP contribution >= 0.6 is 0 Å². The Balaban J connectivity index is 0.943. The molecule has 352 valence electrons. The highest BCUT2D eigenvalue weighted by molar-refractivity contribution is 5.87. The molecule has 0 aromatic heterocycles. The number of ether oxygens (including phenoxy) is 3. The predicted molar refractivity (Wildman–Crippen MR) is 297 cm³/mol. The van der Waals surface area contributed by atoms with Crippen LogP contribution in [-0.2, 0) is 36.5 Å². The minimum atomic E-state index is -0.591. The van der Waals surface area contributed by atoms with Crippen molar-refractivity contribution in [1.29, 1.82) is 0 Å². The zero-order chi connectivity index (χ0) is 49.2. The molecule has 0 unspecified atom stereocenters. The van der Waals surface area contributed by atoms with E-state index in [9.17, 15) is 0 Å². The van der Waals surface area contributed by atoms with Gasteiger partial charge in [-0.15, -0.1) is 11.8 Å². The largest absolute Gasteiger partial charge is 0.481 e. The monoisotopic (exact) mass is 942 g/mol. The SMILES string of the molecule is CC#CCOc1ccc2cc(C3(c4ccc(Oc5ccc(C6(c7ccc8cc(OCC#CC)ccc8c7)c7ccccc7CCc7ccccc76)cc5)cc4)c4ccccc4CCc4ccccc43)ccc2c1. The Morgan fingerprint density at radius 2 is 0.630 bits per heavy atom. The molecule has 0 radical (unpaired) electrons. The van der Waals surface area contributed by atoms with Gasteiger partial charge in [0.15, 0.2) is 0 Å². The van der Waals surface area contributed by atoms with Gasteiger partial charge in [0, 0.05) is 0 Å². The second-order valence-corrected chi connectivity index (χ2v) is 19.2. The highest BCUT2D eigenvalue weighted by Gasteiger charge is 2.44. The number of aryl methyl sites for hydroxylation is 4.